The summed E-state index contributed by atoms with van der Waals surface area (Å²) in [5, 5.41) is 3.43. The Morgan fingerprint density at radius 1 is 1.17 bits per heavy atom. The van der Waals surface area contributed by atoms with Crippen LogP contribution in [0.15, 0.2) is 0 Å². The van der Waals surface area contributed by atoms with Crippen molar-refractivity contribution in [3.63, 3.8) is 0 Å². The van der Waals surface area contributed by atoms with Gasteiger partial charge in [0.25, 0.3) is 0 Å². The summed E-state index contributed by atoms with van der Waals surface area (Å²) in [6.45, 7) is 6.20. The molecular weight excluding hydrogens is 148 g/mol. The summed E-state index contributed by atoms with van der Waals surface area (Å²) >= 11 is 0. The van der Waals surface area contributed by atoms with Gasteiger partial charge in [-0.1, -0.05) is 0 Å². The fraction of sp³-hybridized carbons (Fsp3) is 1.00. The van der Waals surface area contributed by atoms with Gasteiger partial charge in [-0.15, -0.1) is 0 Å². The molecule has 2 heteroatoms. The van der Waals surface area contributed by atoms with Crippen LogP contribution in [0.5, 0.6) is 0 Å². The summed E-state index contributed by atoms with van der Waals surface area (Å²) in [5.74, 6) is 0. The first-order chi connectivity index (χ1) is 5.88. The van der Waals surface area contributed by atoms with Gasteiger partial charge in [-0.25, -0.2) is 0 Å². The van der Waals surface area contributed by atoms with E-state index >= 15 is 0 Å². The molecule has 1 atom stereocenters. The van der Waals surface area contributed by atoms with Crippen molar-refractivity contribution in [2.45, 2.75) is 44.7 Å². The Kier molecular flexibility index (Phi) is 2.66. The van der Waals surface area contributed by atoms with Gasteiger partial charge in [0.2, 0.25) is 0 Å². The third-order valence-electron chi connectivity index (χ3n) is 3.38. The van der Waals surface area contributed by atoms with Crippen LogP contribution in [0.3, 0.4) is 0 Å². The van der Waals surface area contributed by atoms with Gasteiger partial charge in [-0.3, -0.25) is 4.90 Å². The van der Waals surface area contributed by atoms with Crippen molar-refractivity contribution in [2.75, 3.05) is 19.6 Å². The van der Waals surface area contributed by atoms with Crippen LogP contribution in [0.2, 0.25) is 0 Å². The predicted octanol–water partition coefficient (Wildman–Crippen LogP) is 1.22. The second kappa shape index (κ2) is 3.75. The molecule has 0 aromatic rings. The number of piperidine rings is 1. The van der Waals surface area contributed by atoms with Crippen LogP contribution >= 0.6 is 0 Å². The first-order valence-electron chi connectivity index (χ1n) is 5.34. The second-order valence-electron chi connectivity index (χ2n) is 4.21. The molecule has 2 aliphatic heterocycles. The Bertz CT molecular complexity index is 141. The topological polar surface area (TPSA) is 15.3 Å². The van der Waals surface area contributed by atoms with Gasteiger partial charge < -0.3 is 5.32 Å². The zero-order valence-electron chi connectivity index (χ0n) is 8.05. The Hall–Kier alpha value is -0.0800. The summed E-state index contributed by atoms with van der Waals surface area (Å²) < 4.78 is 0. The molecule has 2 heterocycles. The molecule has 70 valence electrons. The average molecular weight is 168 g/mol. The zero-order chi connectivity index (χ0) is 8.39. The normalized spacial score (nSPS) is 34.2. The summed E-state index contributed by atoms with van der Waals surface area (Å²) in [7, 11) is 0. The number of hydrogen-bond acceptors (Lipinski definition) is 2. The SMILES string of the molecule is CC1CCCN1C1CCNCC1. The molecule has 0 saturated carbocycles. The molecule has 2 saturated heterocycles. The molecule has 0 amide bonds. The van der Waals surface area contributed by atoms with Crippen LogP contribution in [0, 0.1) is 0 Å². The molecule has 0 spiro atoms. The number of nitrogens with one attached hydrogen (secondary N) is 1. The highest BCUT2D eigenvalue weighted by molar-refractivity contribution is 4.84. The van der Waals surface area contributed by atoms with E-state index in [1.165, 1.54) is 45.3 Å². The van der Waals surface area contributed by atoms with Gasteiger partial charge >= 0.3 is 0 Å². The van der Waals surface area contributed by atoms with Gasteiger partial charge in [-0.05, 0) is 52.2 Å². The van der Waals surface area contributed by atoms with Crippen molar-refractivity contribution in [1.29, 1.82) is 0 Å². The Morgan fingerprint density at radius 3 is 2.50 bits per heavy atom. The number of hydrogen-bond donors (Lipinski definition) is 1. The molecule has 12 heavy (non-hydrogen) atoms. The van der Waals surface area contributed by atoms with Crippen LogP contribution in [-0.4, -0.2) is 36.6 Å². The lowest BCUT2D eigenvalue weighted by Crippen LogP contribution is -2.44. The molecule has 2 nitrogen and oxygen atoms in total. The fourth-order valence-electron chi connectivity index (χ4n) is 2.64. The number of likely N-dealkylation sites (tertiary alicyclic amines) is 1. The molecule has 0 aliphatic carbocycles. The summed E-state index contributed by atoms with van der Waals surface area (Å²) in [6.07, 6.45) is 5.57. The smallest absolute Gasteiger partial charge is 0.0122 e. The Labute approximate surface area is 75.3 Å². The maximum atomic E-state index is 3.43. The van der Waals surface area contributed by atoms with Crippen molar-refractivity contribution in [2.24, 2.45) is 0 Å². The summed E-state index contributed by atoms with van der Waals surface area (Å²) in [4.78, 5) is 2.72. The van der Waals surface area contributed by atoms with Crippen molar-refractivity contribution in [1.82, 2.24) is 10.2 Å². The minimum absolute atomic E-state index is 0.855. The highest BCUT2D eigenvalue weighted by atomic mass is 15.2. The van der Waals surface area contributed by atoms with Gasteiger partial charge in [0.1, 0.15) is 0 Å². The van der Waals surface area contributed by atoms with Crippen molar-refractivity contribution in [3.8, 4) is 0 Å². The first kappa shape index (κ1) is 8.52. The molecule has 1 N–H and O–H groups in total. The fourth-order valence-corrected chi connectivity index (χ4v) is 2.64. The lowest BCUT2D eigenvalue weighted by Gasteiger charge is -2.34. The van der Waals surface area contributed by atoms with Gasteiger partial charge in [0.15, 0.2) is 0 Å². The van der Waals surface area contributed by atoms with Crippen molar-refractivity contribution >= 4 is 0 Å². The monoisotopic (exact) mass is 168 g/mol. The zero-order valence-corrected chi connectivity index (χ0v) is 8.05. The Morgan fingerprint density at radius 2 is 1.92 bits per heavy atom. The third kappa shape index (κ3) is 1.64. The lowest BCUT2D eigenvalue weighted by atomic mass is 10.0. The van der Waals surface area contributed by atoms with Crippen LogP contribution < -0.4 is 5.32 Å². The molecule has 2 rings (SSSR count). The van der Waals surface area contributed by atoms with E-state index in [1.54, 1.807) is 0 Å². The Balaban J connectivity index is 1.89. The predicted molar refractivity (Wildman–Crippen MR) is 51.3 cm³/mol. The van der Waals surface area contributed by atoms with E-state index < -0.39 is 0 Å². The molecule has 0 aromatic heterocycles. The average Bonchev–Trinajstić information content (AvgIpc) is 2.53. The molecule has 0 bridgehead atoms. The molecule has 2 aliphatic rings. The van der Waals surface area contributed by atoms with E-state index in [9.17, 15) is 0 Å². The maximum absolute atomic E-state index is 3.43. The minimum atomic E-state index is 0.855. The quantitative estimate of drug-likeness (QED) is 0.633. The van der Waals surface area contributed by atoms with Gasteiger partial charge in [-0.2, -0.15) is 0 Å². The van der Waals surface area contributed by atoms with Crippen molar-refractivity contribution in [3.05, 3.63) is 0 Å². The molecule has 2 fully saturated rings. The van der Waals surface area contributed by atoms with E-state index in [0.29, 0.717) is 0 Å². The molecule has 1 unspecified atom stereocenters. The van der Waals surface area contributed by atoms with E-state index in [2.05, 4.69) is 17.1 Å². The van der Waals surface area contributed by atoms with Crippen LogP contribution in [0.25, 0.3) is 0 Å². The molecular formula is C10H20N2. The third-order valence-corrected chi connectivity index (χ3v) is 3.38. The minimum Gasteiger partial charge on any atom is -0.317 e. The standard InChI is InChI=1S/C10H20N2/c1-9-3-2-8-12(9)10-4-6-11-7-5-10/h9-11H,2-8H2,1H3. The number of rotatable bonds is 1. The largest absolute Gasteiger partial charge is 0.317 e. The van der Waals surface area contributed by atoms with Crippen LogP contribution in [0.1, 0.15) is 32.6 Å². The first-order valence-corrected chi connectivity index (χ1v) is 5.34. The van der Waals surface area contributed by atoms with E-state index in [1.807, 2.05) is 0 Å². The van der Waals surface area contributed by atoms with Gasteiger partial charge in [0.05, 0.1) is 0 Å². The second-order valence-corrected chi connectivity index (χ2v) is 4.21. The lowest BCUT2D eigenvalue weighted by molar-refractivity contribution is 0.156. The summed E-state index contributed by atoms with van der Waals surface area (Å²) in [5.41, 5.74) is 0. The summed E-state index contributed by atoms with van der Waals surface area (Å²) in [6, 6.07) is 1.75. The molecule has 0 aromatic carbocycles. The highest BCUT2D eigenvalue weighted by Crippen LogP contribution is 2.23. The van der Waals surface area contributed by atoms with E-state index in [0.717, 1.165) is 12.1 Å². The van der Waals surface area contributed by atoms with E-state index in [4.69, 9.17) is 0 Å². The highest BCUT2D eigenvalue weighted by Gasteiger charge is 2.28. The van der Waals surface area contributed by atoms with Crippen LogP contribution in [-0.2, 0) is 0 Å². The van der Waals surface area contributed by atoms with Gasteiger partial charge in [0, 0.05) is 12.1 Å². The van der Waals surface area contributed by atoms with Crippen molar-refractivity contribution < 1.29 is 0 Å². The van der Waals surface area contributed by atoms with Crippen LogP contribution in [0.4, 0.5) is 0 Å². The molecule has 0 radical (unpaired) electrons. The number of nitrogens with zero attached hydrogens (tertiary/aromatic N) is 1. The maximum Gasteiger partial charge on any atom is 0.0122 e. The van der Waals surface area contributed by atoms with E-state index in [-0.39, 0.29) is 0 Å².